The number of para-hydroxylation sites is 1. The Labute approximate surface area is 171 Å². The lowest BCUT2D eigenvalue weighted by molar-refractivity contribution is 0.102. The van der Waals surface area contributed by atoms with Gasteiger partial charge in [-0.05, 0) is 68.7 Å². The lowest BCUT2D eigenvalue weighted by Crippen LogP contribution is -2.17. The summed E-state index contributed by atoms with van der Waals surface area (Å²) in [5, 5.41) is 2.91. The molecule has 1 amide bonds. The minimum Gasteiger partial charge on any atom is -0.322 e. The maximum absolute atomic E-state index is 12.8. The summed E-state index contributed by atoms with van der Waals surface area (Å²) in [5.74, 6) is -0.354. The smallest absolute Gasteiger partial charge is 0.261 e. The van der Waals surface area contributed by atoms with E-state index >= 15 is 0 Å². The zero-order valence-electron chi connectivity index (χ0n) is 16.9. The molecule has 0 radical (unpaired) electrons. The van der Waals surface area contributed by atoms with Gasteiger partial charge in [0.25, 0.3) is 15.9 Å². The van der Waals surface area contributed by atoms with Crippen LogP contribution in [0.25, 0.3) is 0 Å². The number of nitrogens with one attached hydrogen (secondary N) is 2. The Balaban J connectivity index is 1.87. The molecule has 0 spiro atoms. The lowest BCUT2D eigenvalue weighted by atomic mass is 10.0. The average molecular weight is 409 g/mol. The molecule has 0 unspecified atom stereocenters. The normalized spacial score (nSPS) is 11.2. The first-order chi connectivity index (χ1) is 13.7. The Hall–Kier alpha value is -3.12. The fraction of sp³-hybridized carbons (Fsp3) is 0.174. The number of carbonyl (C=O) groups excluding carboxylic acids is 1. The third kappa shape index (κ3) is 4.66. The molecule has 0 saturated heterocycles. The molecule has 3 aromatic rings. The molecule has 0 aromatic heterocycles. The summed E-state index contributed by atoms with van der Waals surface area (Å²) in [4.78, 5) is 12.8. The van der Waals surface area contributed by atoms with Crippen molar-refractivity contribution in [2.75, 3.05) is 10.0 Å². The Kier molecular flexibility index (Phi) is 5.75. The first-order valence-electron chi connectivity index (χ1n) is 9.25. The van der Waals surface area contributed by atoms with Crippen LogP contribution in [0, 0.1) is 27.7 Å². The third-order valence-corrected chi connectivity index (χ3v) is 6.07. The maximum atomic E-state index is 12.8. The van der Waals surface area contributed by atoms with Crippen LogP contribution in [-0.2, 0) is 10.0 Å². The van der Waals surface area contributed by atoms with Gasteiger partial charge in [-0.1, -0.05) is 42.0 Å². The molecular weight excluding hydrogens is 384 g/mol. The van der Waals surface area contributed by atoms with Gasteiger partial charge in [-0.2, -0.15) is 0 Å². The molecule has 2 N–H and O–H groups in total. The highest BCUT2D eigenvalue weighted by molar-refractivity contribution is 7.92. The number of anilines is 2. The van der Waals surface area contributed by atoms with Crippen molar-refractivity contribution in [1.82, 2.24) is 0 Å². The number of hydrogen-bond acceptors (Lipinski definition) is 3. The van der Waals surface area contributed by atoms with E-state index in [4.69, 9.17) is 0 Å². The number of carbonyl (C=O) groups is 1. The number of amides is 1. The van der Waals surface area contributed by atoms with Crippen LogP contribution in [-0.4, -0.2) is 14.3 Å². The molecule has 0 atom stereocenters. The van der Waals surface area contributed by atoms with Crippen molar-refractivity contribution >= 4 is 27.3 Å². The van der Waals surface area contributed by atoms with E-state index in [1.54, 1.807) is 24.3 Å². The van der Waals surface area contributed by atoms with E-state index in [0.717, 1.165) is 27.9 Å². The molecule has 0 heterocycles. The summed E-state index contributed by atoms with van der Waals surface area (Å²) in [6, 6.07) is 17.1. The van der Waals surface area contributed by atoms with E-state index in [9.17, 15) is 13.2 Å². The number of benzene rings is 3. The molecule has 0 aliphatic heterocycles. The van der Waals surface area contributed by atoms with Gasteiger partial charge in [-0.3, -0.25) is 9.52 Å². The van der Waals surface area contributed by atoms with Crippen molar-refractivity contribution < 1.29 is 13.2 Å². The van der Waals surface area contributed by atoms with Crippen LogP contribution in [0.4, 0.5) is 11.4 Å². The molecule has 0 saturated carbocycles. The second-order valence-electron chi connectivity index (χ2n) is 7.18. The van der Waals surface area contributed by atoms with E-state index in [0.29, 0.717) is 5.69 Å². The average Bonchev–Trinajstić information content (AvgIpc) is 2.66. The number of rotatable bonds is 5. The van der Waals surface area contributed by atoms with Gasteiger partial charge in [0.05, 0.1) is 10.6 Å². The Morgan fingerprint density at radius 2 is 1.45 bits per heavy atom. The van der Waals surface area contributed by atoms with E-state index in [2.05, 4.69) is 10.0 Å². The predicted octanol–water partition coefficient (Wildman–Crippen LogP) is 4.97. The molecule has 5 nitrogen and oxygen atoms in total. The van der Waals surface area contributed by atoms with Crippen molar-refractivity contribution in [3.05, 3.63) is 88.5 Å². The first-order valence-corrected chi connectivity index (χ1v) is 10.7. The number of sulfonamides is 1. The van der Waals surface area contributed by atoms with Gasteiger partial charge in [0.2, 0.25) is 0 Å². The Morgan fingerprint density at radius 1 is 0.793 bits per heavy atom. The van der Waals surface area contributed by atoms with Gasteiger partial charge in [0.1, 0.15) is 0 Å². The summed E-state index contributed by atoms with van der Waals surface area (Å²) in [7, 11) is -3.82. The fourth-order valence-electron chi connectivity index (χ4n) is 3.26. The zero-order chi connectivity index (χ0) is 21.2. The number of hydrogen-bond donors (Lipinski definition) is 2. The van der Waals surface area contributed by atoms with Crippen molar-refractivity contribution in [3.8, 4) is 0 Å². The summed E-state index contributed by atoms with van der Waals surface area (Å²) in [6.07, 6.45) is 0. The zero-order valence-corrected chi connectivity index (χ0v) is 17.7. The minimum absolute atomic E-state index is 0.0331. The molecule has 3 rings (SSSR count). The fourth-order valence-corrected chi connectivity index (χ4v) is 4.43. The van der Waals surface area contributed by atoms with Crippen LogP contribution in [0.1, 0.15) is 32.6 Å². The monoisotopic (exact) mass is 408 g/mol. The van der Waals surface area contributed by atoms with Gasteiger partial charge >= 0.3 is 0 Å². The standard InChI is InChI=1S/C23H24N2O3S/c1-15-12-17(3)22(18(4)13-15)24-23(26)19-9-7-10-20(14-19)29(27,28)25-21-11-6-5-8-16(21)2/h5-14,25H,1-4H3,(H,24,26). The van der Waals surface area contributed by atoms with Crippen molar-refractivity contribution in [3.63, 3.8) is 0 Å². The van der Waals surface area contributed by atoms with Crippen LogP contribution in [0.15, 0.2) is 65.6 Å². The van der Waals surface area contributed by atoms with Crippen molar-refractivity contribution in [2.24, 2.45) is 0 Å². The molecule has 0 aliphatic carbocycles. The molecule has 150 valence electrons. The molecular formula is C23H24N2O3S. The van der Waals surface area contributed by atoms with Crippen LogP contribution >= 0.6 is 0 Å². The quantitative estimate of drug-likeness (QED) is 0.626. The minimum atomic E-state index is -3.82. The van der Waals surface area contributed by atoms with Gasteiger partial charge < -0.3 is 5.32 Å². The highest BCUT2D eigenvalue weighted by Gasteiger charge is 2.18. The van der Waals surface area contributed by atoms with Gasteiger partial charge in [0.15, 0.2) is 0 Å². The van der Waals surface area contributed by atoms with Crippen LogP contribution in [0.3, 0.4) is 0 Å². The molecule has 3 aromatic carbocycles. The molecule has 29 heavy (non-hydrogen) atoms. The maximum Gasteiger partial charge on any atom is 0.261 e. The molecule has 0 aliphatic rings. The van der Waals surface area contributed by atoms with E-state index in [1.165, 1.54) is 12.1 Å². The Bertz CT molecular complexity index is 1160. The predicted molar refractivity (Wildman–Crippen MR) is 117 cm³/mol. The summed E-state index contributed by atoms with van der Waals surface area (Å²) in [6.45, 7) is 7.70. The second-order valence-corrected chi connectivity index (χ2v) is 8.86. The van der Waals surface area contributed by atoms with Crippen LogP contribution < -0.4 is 10.0 Å². The van der Waals surface area contributed by atoms with E-state index < -0.39 is 10.0 Å². The molecule has 6 heteroatoms. The van der Waals surface area contributed by atoms with Crippen LogP contribution in [0.5, 0.6) is 0 Å². The summed E-state index contributed by atoms with van der Waals surface area (Å²) >= 11 is 0. The van der Waals surface area contributed by atoms with E-state index in [-0.39, 0.29) is 16.4 Å². The molecule has 0 fully saturated rings. The van der Waals surface area contributed by atoms with Gasteiger partial charge in [-0.15, -0.1) is 0 Å². The topological polar surface area (TPSA) is 75.3 Å². The van der Waals surface area contributed by atoms with Crippen molar-refractivity contribution in [1.29, 1.82) is 0 Å². The van der Waals surface area contributed by atoms with Crippen molar-refractivity contribution in [2.45, 2.75) is 32.6 Å². The second kappa shape index (κ2) is 8.09. The molecule has 0 bridgehead atoms. The largest absolute Gasteiger partial charge is 0.322 e. The lowest BCUT2D eigenvalue weighted by Gasteiger charge is -2.14. The summed E-state index contributed by atoms with van der Waals surface area (Å²) in [5.41, 5.74) is 5.38. The SMILES string of the molecule is Cc1cc(C)c(NC(=O)c2cccc(S(=O)(=O)Nc3ccccc3C)c2)c(C)c1. The first kappa shape index (κ1) is 20.6. The highest BCUT2D eigenvalue weighted by Crippen LogP contribution is 2.24. The van der Waals surface area contributed by atoms with Crippen LogP contribution in [0.2, 0.25) is 0 Å². The third-order valence-electron chi connectivity index (χ3n) is 4.71. The number of aryl methyl sites for hydroxylation is 4. The van der Waals surface area contributed by atoms with Gasteiger partial charge in [0, 0.05) is 11.3 Å². The Morgan fingerprint density at radius 3 is 2.10 bits per heavy atom. The summed E-state index contributed by atoms with van der Waals surface area (Å²) < 4.78 is 28.2. The van der Waals surface area contributed by atoms with E-state index in [1.807, 2.05) is 52.0 Å². The van der Waals surface area contributed by atoms with Gasteiger partial charge in [-0.25, -0.2) is 8.42 Å². The highest BCUT2D eigenvalue weighted by atomic mass is 32.2.